The number of benzene rings is 2. The maximum Gasteiger partial charge on any atom is 0.0740 e. The van der Waals surface area contributed by atoms with Crippen LogP contribution in [-0.2, 0) is 13.1 Å². The second-order valence-electron chi connectivity index (χ2n) is 5.29. The molecular weight excluding hydrogens is 250 g/mol. The quantitative estimate of drug-likeness (QED) is 0.750. The summed E-state index contributed by atoms with van der Waals surface area (Å²) in [6.07, 6.45) is 0. The van der Waals surface area contributed by atoms with Crippen molar-refractivity contribution in [2.24, 2.45) is 0 Å². The molecule has 2 aromatic rings. The summed E-state index contributed by atoms with van der Waals surface area (Å²) < 4.78 is 0. The van der Waals surface area contributed by atoms with Crippen molar-refractivity contribution in [3.05, 3.63) is 71.8 Å². The highest BCUT2D eigenvalue weighted by molar-refractivity contribution is 8.07. The highest BCUT2D eigenvalue weighted by atomic mass is 32.2. The summed E-state index contributed by atoms with van der Waals surface area (Å²) in [6, 6.07) is 21.5. The molecule has 0 aliphatic carbocycles. The first-order valence-corrected chi connectivity index (χ1v) is 7.72. The van der Waals surface area contributed by atoms with Crippen molar-refractivity contribution in [3.8, 4) is 0 Å². The Balaban J connectivity index is 1.75. The fourth-order valence-electron chi connectivity index (χ4n) is 2.28. The van der Waals surface area contributed by atoms with E-state index in [1.165, 1.54) is 16.9 Å². The molecule has 0 radical (unpaired) electrons. The number of nitrogens with zero attached hydrogens (tertiary/aromatic N) is 1. The molecule has 2 aromatic carbocycles. The van der Waals surface area contributed by atoms with Crippen LogP contribution in [0.2, 0.25) is 0 Å². The van der Waals surface area contributed by atoms with Crippen LogP contribution in [0, 0.1) is 0 Å². The zero-order valence-electron chi connectivity index (χ0n) is 11.3. The molecule has 1 heterocycles. The molecule has 1 nitrogen and oxygen atoms in total. The standard InChI is InChI=1S/C17H19NS/c1-17(14-19-17)18(12-15-8-4-2-5-9-15)13-16-10-6-3-7-11-16/h2-11H,12-14H2,1H3. The topological polar surface area (TPSA) is 3.24 Å². The minimum Gasteiger partial charge on any atom is -0.280 e. The molecular formula is C17H19NS. The Labute approximate surface area is 119 Å². The van der Waals surface area contributed by atoms with Crippen molar-refractivity contribution in [1.82, 2.24) is 4.90 Å². The van der Waals surface area contributed by atoms with E-state index < -0.39 is 0 Å². The van der Waals surface area contributed by atoms with Crippen molar-refractivity contribution in [2.45, 2.75) is 24.9 Å². The van der Waals surface area contributed by atoms with Crippen LogP contribution in [0.3, 0.4) is 0 Å². The van der Waals surface area contributed by atoms with Gasteiger partial charge in [0.25, 0.3) is 0 Å². The Bertz CT molecular complexity index is 478. The van der Waals surface area contributed by atoms with Gasteiger partial charge in [-0.3, -0.25) is 4.90 Å². The molecule has 1 aliphatic heterocycles. The van der Waals surface area contributed by atoms with Gasteiger partial charge in [-0.15, -0.1) is 11.8 Å². The maximum absolute atomic E-state index is 2.59. The van der Waals surface area contributed by atoms with Gasteiger partial charge >= 0.3 is 0 Å². The van der Waals surface area contributed by atoms with Crippen LogP contribution >= 0.6 is 11.8 Å². The van der Waals surface area contributed by atoms with Crippen LogP contribution in [0.4, 0.5) is 0 Å². The van der Waals surface area contributed by atoms with E-state index in [-0.39, 0.29) is 0 Å². The van der Waals surface area contributed by atoms with Crippen LogP contribution in [0.1, 0.15) is 18.1 Å². The molecule has 2 heteroatoms. The highest BCUT2D eigenvalue weighted by Gasteiger charge is 2.44. The van der Waals surface area contributed by atoms with Crippen molar-refractivity contribution >= 4 is 11.8 Å². The lowest BCUT2D eigenvalue weighted by atomic mass is 10.1. The number of hydrogen-bond acceptors (Lipinski definition) is 2. The molecule has 0 spiro atoms. The predicted molar refractivity (Wildman–Crippen MR) is 83.0 cm³/mol. The fraction of sp³-hybridized carbons (Fsp3) is 0.294. The van der Waals surface area contributed by atoms with Gasteiger partial charge in [0.05, 0.1) is 4.87 Å². The number of thioether (sulfide) groups is 1. The minimum atomic E-state index is 0.325. The van der Waals surface area contributed by atoms with Gasteiger partial charge in [-0.2, -0.15) is 0 Å². The summed E-state index contributed by atoms with van der Waals surface area (Å²) in [6.45, 7) is 4.40. The lowest BCUT2D eigenvalue weighted by Crippen LogP contribution is -2.34. The van der Waals surface area contributed by atoms with E-state index in [0.717, 1.165) is 13.1 Å². The largest absolute Gasteiger partial charge is 0.280 e. The Morgan fingerprint density at radius 1 is 0.895 bits per heavy atom. The molecule has 1 atom stereocenters. The lowest BCUT2D eigenvalue weighted by molar-refractivity contribution is 0.202. The molecule has 0 saturated carbocycles. The molecule has 98 valence electrons. The van der Waals surface area contributed by atoms with Gasteiger partial charge < -0.3 is 0 Å². The third-order valence-corrected chi connectivity index (χ3v) is 5.05. The second kappa shape index (κ2) is 5.40. The van der Waals surface area contributed by atoms with Crippen LogP contribution in [0.15, 0.2) is 60.7 Å². The van der Waals surface area contributed by atoms with Gasteiger partial charge in [0.2, 0.25) is 0 Å². The van der Waals surface area contributed by atoms with E-state index in [2.05, 4.69) is 72.5 Å². The second-order valence-corrected chi connectivity index (χ2v) is 6.75. The zero-order chi connectivity index (χ0) is 13.1. The predicted octanol–water partition coefficient (Wildman–Crippen LogP) is 4.15. The van der Waals surface area contributed by atoms with Crippen molar-refractivity contribution in [2.75, 3.05) is 5.75 Å². The average Bonchev–Trinajstić information content (AvgIpc) is 3.20. The summed E-state index contributed by atoms with van der Waals surface area (Å²) in [4.78, 5) is 2.91. The summed E-state index contributed by atoms with van der Waals surface area (Å²) >= 11 is 2.04. The van der Waals surface area contributed by atoms with Gasteiger partial charge in [0.15, 0.2) is 0 Å². The molecule has 1 aliphatic rings. The van der Waals surface area contributed by atoms with E-state index in [9.17, 15) is 0 Å². The van der Waals surface area contributed by atoms with E-state index >= 15 is 0 Å². The molecule has 3 rings (SSSR count). The number of rotatable bonds is 5. The Kier molecular flexibility index (Phi) is 3.63. The van der Waals surface area contributed by atoms with Gasteiger partial charge in [-0.1, -0.05) is 60.7 Å². The lowest BCUT2D eigenvalue weighted by Gasteiger charge is -2.28. The molecule has 1 fully saturated rings. The van der Waals surface area contributed by atoms with Crippen molar-refractivity contribution < 1.29 is 0 Å². The van der Waals surface area contributed by atoms with E-state index in [1.807, 2.05) is 11.8 Å². The zero-order valence-corrected chi connectivity index (χ0v) is 12.1. The van der Waals surface area contributed by atoms with Crippen LogP contribution in [-0.4, -0.2) is 15.5 Å². The maximum atomic E-state index is 2.59. The van der Waals surface area contributed by atoms with E-state index in [4.69, 9.17) is 0 Å². The SMILES string of the molecule is CC1(N(Cc2ccccc2)Cc2ccccc2)CS1. The van der Waals surface area contributed by atoms with Gasteiger partial charge in [-0.25, -0.2) is 0 Å². The molecule has 1 unspecified atom stereocenters. The van der Waals surface area contributed by atoms with Crippen molar-refractivity contribution in [1.29, 1.82) is 0 Å². The van der Waals surface area contributed by atoms with E-state index in [1.54, 1.807) is 0 Å². The molecule has 0 aromatic heterocycles. The average molecular weight is 269 g/mol. The summed E-state index contributed by atoms with van der Waals surface area (Å²) in [5.41, 5.74) is 2.79. The monoisotopic (exact) mass is 269 g/mol. The molecule has 19 heavy (non-hydrogen) atoms. The number of hydrogen-bond donors (Lipinski definition) is 0. The molecule has 0 bridgehead atoms. The smallest absolute Gasteiger partial charge is 0.0740 e. The van der Waals surface area contributed by atoms with Crippen LogP contribution < -0.4 is 0 Å². The minimum absolute atomic E-state index is 0.325. The Morgan fingerprint density at radius 2 is 1.32 bits per heavy atom. The van der Waals surface area contributed by atoms with Crippen LogP contribution in [0.25, 0.3) is 0 Å². The highest BCUT2D eigenvalue weighted by Crippen LogP contribution is 2.48. The normalized spacial score (nSPS) is 21.6. The molecule has 0 amide bonds. The first kappa shape index (κ1) is 12.8. The van der Waals surface area contributed by atoms with Gasteiger partial charge in [0, 0.05) is 18.8 Å². The van der Waals surface area contributed by atoms with Gasteiger partial charge in [-0.05, 0) is 18.1 Å². The Morgan fingerprint density at radius 3 is 1.68 bits per heavy atom. The van der Waals surface area contributed by atoms with Crippen LogP contribution in [0.5, 0.6) is 0 Å². The van der Waals surface area contributed by atoms with Crippen molar-refractivity contribution in [3.63, 3.8) is 0 Å². The first-order valence-electron chi connectivity index (χ1n) is 6.73. The first-order chi connectivity index (χ1) is 9.26. The molecule has 1 saturated heterocycles. The fourth-order valence-corrected chi connectivity index (χ4v) is 2.99. The van der Waals surface area contributed by atoms with E-state index in [0.29, 0.717) is 4.87 Å². The third kappa shape index (κ3) is 3.20. The third-order valence-electron chi connectivity index (χ3n) is 3.66. The summed E-state index contributed by atoms with van der Waals surface area (Å²) in [7, 11) is 0. The Hall–Kier alpha value is -1.25. The molecule has 0 N–H and O–H groups in total. The summed E-state index contributed by atoms with van der Waals surface area (Å²) in [5.74, 6) is 1.24. The van der Waals surface area contributed by atoms with Gasteiger partial charge in [0.1, 0.15) is 0 Å². The summed E-state index contributed by atoms with van der Waals surface area (Å²) in [5, 5.41) is 0.